The molecule has 1 aromatic heterocycles. The van der Waals surface area contributed by atoms with Crippen molar-refractivity contribution in [2.24, 2.45) is 5.73 Å². The standard InChI is InChI=1S/C11H10F2N4O2S/c12-6-1-2-8(7(13)3-6)15-9(18)5-20-11-17-16-10(4-14)19-11/h1-3H,4-5,14H2,(H,15,18). The fourth-order valence-corrected chi connectivity index (χ4v) is 1.86. The topological polar surface area (TPSA) is 94.0 Å². The number of hydrogen-bond acceptors (Lipinski definition) is 6. The van der Waals surface area contributed by atoms with Crippen molar-refractivity contribution in [3.05, 3.63) is 35.7 Å². The molecule has 2 rings (SSSR count). The van der Waals surface area contributed by atoms with Crippen molar-refractivity contribution in [2.75, 3.05) is 11.1 Å². The third-order valence-electron chi connectivity index (χ3n) is 2.15. The summed E-state index contributed by atoms with van der Waals surface area (Å²) in [7, 11) is 0. The first-order valence-corrected chi connectivity index (χ1v) is 6.47. The summed E-state index contributed by atoms with van der Waals surface area (Å²) < 4.78 is 31.1. The maximum absolute atomic E-state index is 13.3. The number of carbonyl (C=O) groups excluding carboxylic acids is 1. The zero-order chi connectivity index (χ0) is 14.5. The number of nitrogens with zero attached hydrogens (tertiary/aromatic N) is 2. The Bertz CT molecular complexity index is 620. The number of anilines is 1. The summed E-state index contributed by atoms with van der Waals surface area (Å²) in [4.78, 5) is 11.6. The Morgan fingerprint density at radius 3 is 2.85 bits per heavy atom. The van der Waals surface area contributed by atoms with Crippen LogP contribution < -0.4 is 11.1 Å². The Kier molecular flexibility index (Phi) is 4.64. The first-order valence-electron chi connectivity index (χ1n) is 5.48. The van der Waals surface area contributed by atoms with Gasteiger partial charge in [-0.1, -0.05) is 11.8 Å². The number of aromatic nitrogens is 2. The molecule has 0 aliphatic heterocycles. The molecule has 0 radical (unpaired) electrons. The summed E-state index contributed by atoms with van der Waals surface area (Å²) in [5, 5.41) is 9.79. The van der Waals surface area contributed by atoms with Crippen LogP contribution in [0.4, 0.5) is 14.5 Å². The molecule has 20 heavy (non-hydrogen) atoms. The van der Waals surface area contributed by atoms with E-state index in [4.69, 9.17) is 10.2 Å². The molecular weight excluding hydrogens is 290 g/mol. The summed E-state index contributed by atoms with van der Waals surface area (Å²) in [6.07, 6.45) is 0. The molecule has 2 aromatic rings. The Hall–Kier alpha value is -2.00. The van der Waals surface area contributed by atoms with Gasteiger partial charge in [-0.15, -0.1) is 10.2 Å². The molecule has 0 aliphatic rings. The van der Waals surface area contributed by atoms with E-state index < -0.39 is 17.5 Å². The van der Waals surface area contributed by atoms with Gasteiger partial charge in [-0.05, 0) is 12.1 Å². The zero-order valence-electron chi connectivity index (χ0n) is 10.1. The molecule has 0 bridgehead atoms. The van der Waals surface area contributed by atoms with E-state index in [2.05, 4.69) is 15.5 Å². The van der Waals surface area contributed by atoms with Crippen LogP contribution >= 0.6 is 11.8 Å². The fraction of sp³-hybridized carbons (Fsp3) is 0.182. The Labute approximate surface area is 116 Å². The van der Waals surface area contributed by atoms with Crippen LogP contribution in [0.15, 0.2) is 27.8 Å². The molecule has 1 heterocycles. The molecule has 0 fully saturated rings. The highest BCUT2D eigenvalue weighted by Gasteiger charge is 2.11. The van der Waals surface area contributed by atoms with Crippen molar-refractivity contribution in [1.29, 1.82) is 0 Å². The van der Waals surface area contributed by atoms with Gasteiger partial charge in [0, 0.05) is 6.07 Å². The van der Waals surface area contributed by atoms with Gasteiger partial charge in [-0.25, -0.2) is 8.78 Å². The van der Waals surface area contributed by atoms with E-state index in [-0.39, 0.29) is 29.1 Å². The van der Waals surface area contributed by atoms with E-state index in [0.29, 0.717) is 6.07 Å². The van der Waals surface area contributed by atoms with Crippen LogP contribution in [-0.2, 0) is 11.3 Å². The summed E-state index contributed by atoms with van der Waals surface area (Å²) in [5.74, 6) is -1.82. The molecule has 0 aliphatic carbocycles. The number of amides is 1. The van der Waals surface area contributed by atoms with Crippen LogP contribution in [0.25, 0.3) is 0 Å². The molecule has 9 heteroatoms. The van der Waals surface area contributed by atoms with Crippen LogP contribution in [0.5, 0.6) is 0 Å². The van der Waals surface area contributed by atoms with E-state index in [1.807, 2.05) is 0 Å². The number of hydrogen-bond donors (Lipinski definition) is 2. The minimum atomic E-state index is -0.841. The third kappa shape index (κ3) is 3.75. The minimum Gasteiger partial charge on any atom is -0.415 e. The molecule has 0 spiro atoms. The molecule has 0 unspecified atom stereocenters. The molecule has 1 aromatic carbocycles. The Balaban J connectivity index is 1.89. The lowest BCUT2D eigenvalue weighted by molar-refractivity contribution is -0.113. The fourth-order valence-electron chi connectivity index (χ4n) is 1.28. The second-order valence-corrected chi connectivity index (χ2v) is 4.55. The predicted molar refractivity (Wildman–Crippen MR) is 67.9 cm³/mol. The van der Waals surface area contributed by atoms with Crippen LogP contribution in [0.1, 0.15) is 5.89 Å². The van der Waals surface area contributed by atoms with Crippen LogP contribution in [-0.4, -0.2) is 21.9 Å². The maximum atomic E-state index is 13.3. The number of carbonyl (C=O) groups is 1. The van der Waals surface area contributed by atoms with Crippen molar-refractivity contribution in [2.45, 2.75) is 11.8 Å². The van der Waals surface area contributed by atoms with Crippen molar-refractivity contribution < 1.29 is 18.0 Å². The van der Waals surface area contributed by atoms with Crippen molar-refractivity contribution in [3.8, 4) is 0 Å². The number of nitrogens with one attached hydrogen (secondary N) is 1. The quantitative estimate of drug-likeness (QED) is 0.813. The van der Waals surface area contributed by atoms with E-state index in [1.165, 1.54) is 0 Å². The first-order chi connectivity index (χ1) is 9.58. The first kappa shape index (κ1) is 14.4. The molecule has 0 atom stereocenters. The van der Waals surface area contributed by atoms with E-state index in [0.717, 1.165) is 23.9 Å². The summed E-state index contributed by atoms with van der Waals surface area (Å²) in [6.45, 7) is 0.112. The summed E-state index contributed by atoms with van der Waals surface area (Å²) in [5.41, 5.74) is 5.20. The number of rotatable bonds is 5. The van der Waals surface area contributed by atoms with Gasteiger partial charge in [0.25, 0.3) is 5.22 Å². The molecule has 106 valence electrons. The smallest absolute Gasteiger partial charge is 0.277 e. The SMILES string of the molecule is NCc1nnc(SCC(=O)Nc2ccc(F)cc2F)o1. The highest BCUT2D eigenvalue weighted by molar-refractivity contribution is 7.99. The van der Waals surface area contributed by atoms with Crippen molar-refractivity contribution in [3.63, 3.8) is 0 Å². The van der Waals surface area contributed by atoms with Crippen LogP contribution in [0.2, 0.25) is 0 Å². The Morgan fingerprint density at radius 2 is 2.20 bits per heavy atom. The van der Waals surface area contributed by atoms with Gasteiger partial charge in [-0.2, -0.15) is 0 Å². The lowest BCUT2D eigenvalue weighted by atomic mass is 10.3. The second kappa shape index (κ2) is 6.44. The molecular formula is C11H10F2N4O2S. The summed E-state index contributed by atoms with van der Waals surface area (Å²) >= 11 is 0.989. The predicted octanol–water partition coefficient (Wildman–Crippen LogP) is 1.54. The van der Waals surface area contributed by atoms with Crippen LogP contribution in [0, 0.1) is 11.6 Å². The zero-order valence-corrected chi connectivity index (χ0v) is 10.9. The van der Waals surface area contributed by atoms with Crippen molar-refractivity contribution >= 4 is 23.4 Å². The average molecular weight is 300 g/mol. The Morgan fingerprint density at radius 1 is 1.40 bits per heavy atom. The van der Waals surface area contributed by atoms with Gasteiger partial charge in [0.1, 0.15) is 11.6 Å². The van der Waals surface area contributed by atoms with Gasteiger partial charge in [-0.3, -0.25) is 4.79 Å². The van der Waals surface area contributed by atoms with Gasteiger partial charge in [0.2, 0.25) is 11.8 Å². The maximum Gasteiger partial charge on any atom is 0.277 e. The number of nitrogens with two attached hydrogens (primary N) is 1. The summed E-state index contributed by atoms with van der Waals surface area (Å²) in [6, 6.07) is 2.89. The van der Waals surface area contributed by atoms with E-state index in [1.54, 1.807) is 0 Å². The van der Waals surface area contributed by atoms with Gasteiger partial charge >= 0.3 is 0 Å². The van der Waals surface area contributed by atoms with E-state index in [9.17, 15) is 13.6 Å². The van der Waals surface area contributed by atoms with Crippen LogP contribution in [0.3, 0.4) is 0 Å². The third-order valence-corrected chi connectivity index (χ3v) is 2.97. The molecule has 6 nitrogen and oxygen atoms in total. The van der Waals surface area contributed by atoms with E-state index >= 15 is 0 Å². The number of thioether (sulfide) groups is 1. The average Bonchev–Trinajstić information content (AvgIpc) is 2.88. The molecule has 3 N–H and O–H groups in total. The molecule has 1 amide bonds. The lowest BCUT2D eigenvalue weighted by Gasteiger charge is -2.05. The molecule has 0 saturated heterocycles. The highest BCUT2D eigenvalue weighted by atomic mass is 32.2. The normalized spacial score (nSPS) is 10.6. The van der Waals surface area contributed by atoms with Crippen molar-refractivity contribution in [1.82, 2.24) is 10.2 Å². The minimum absolute atomic E-state index is 0.0526. The highest BCUT2D eigenvalue weighted by Crippen LogP contribution is 2.18. The second-order valence-electron chi connectivity index (χ2n) is 3.63. The number of benzene rings is 1. The largest absolute Gasteiger partial charge is 0.415 e. The molecule has 0 saturated carbocycles. The van der Waals surface area contributed by atoms with Gasteiger partial charge in [0.05, 0.1) is 18.0 Å². The monoisotopic (exact) mass is 300 g/mol. The van der Waals surface area contributed by atoms with Gasteiger partial charge in [0.15, 0.2) is 0 Å². The van der Waals surface area contributed by atoms with Gasteiger partial charge < -0.3 is 15.5 Å². The lowest BCUT2D eigenvalue weighted by Crippen LogP contribution is -2.15. The number of halogens is 2.